The van der Waals surface area contributed by atoms with E-state index in [1.807, 2.05) is 30.6 Å². The molecule has 337 valence electrons. The predicted octanol–water partition coefficient (Wildman–Crippen LogP) is 6.86. The van der Waals surface area contributed by atoms with Crippen LogP contribution in [0.2, 0.25) is 0 Å². The molecule has 4 aliphatic heterocycles. The van der Waals surface area contributed by atoms with Gasteiger partial charge in [-0.1, -0.05) is 28.2 Å². The summed E-state index contributed by atoms with van der Waals surface area (Å²) in [5.41, 5.74) is -0.490. The number of carbonyl (C=O) groups excluding carboxylic acids is 3. The van der Waals surface area contributed by atoms with Crippen molar-refractivity contribution in [1.29, 1.82) is 0 Å². The molecule has 0 aromatic heterocycles. The monoisotopic (exact) mass is 1570 g/mol. The summed E-state index contributed by atoms with van der Waals surface area (Å²) in [6, 6.07) is 0.755. The van der Waals surface area contributed by atoms with E-state index < -0.39 is 24.7 Å². The predicted molar refractivity (Wildman–Crippen MR) is 268 cm³/mol. The Bertz CT molecular complexity index is 1340. The number of piperidine rings is 2. The molecule has 0 aliphatic carbocycles. The van der Waals surface area contributed by atoms with Crippen molar-refractivity contribution >= 4 is 149 Å². The number of likely N-dealkylation sites (tertiary alicyclic amines) is 3. The van der Waals surface area contributed by atoms with Crippen LogP contribution in [0.1, 0.15) is 120 Å². The molecule has 4 fully saturated rings. The van der Waals surface area contributed by atoms with Crippen molar-refractivity contribution in [2.24, 2.45) is 11.8 Å². The van der Waals surface area contributed by atoms with Crippen LogP contribution < -0.4 is 13.3 Å². The summed E-state index contributed by atoms with van der Waals surface area (Å²) in [7, 11) is -1.04. The third-order valence-electron chi connectivity index (χ3n) is 9.52. The SMILES string of the molecule is C.CCC1CCCN1C(=O)C1CCCN(C(=O)OC(C)(C)C)C1.CCC1CCCN1C(=O)C1CCCN(S(=O)(=O)CC)C1.CCS(=O)(=O)Cl.I.I[I-]I.[I][V][I]. The molecule has 12 nitrogen and oxygen atoms in total. The first kappa shape index (κ1) is 63.6. The maximum absolute atomic E-state index is 12.8. The van der Waals surface area contributed by atoms with Gasteiger partial charge >= 0.3 is 106 Å². The fraction of sp³-hybridized carbons (Fsp3) is 0.912. The Kier molecular flexibility index (Phi) is 38.4. The van der Waals surface area contributed by atoms with Gasteiger partial charge in [0, 0.05) is 62.0 Å². The standard InChI is InChI=1S/C17H30N2O3.C14H26N2O3S.C2H5ClO2S.CH4.I3.3HI.V/c1-5-14-9-7-11-19(14)15(20)13-8-6-10-18(12-13)16(21)22-17(2,3)4;1-3-13-8-6-10-16(13)14(17)12-7-5-9-15(11-12)20(18,19)4-2;1-2-6(3,4)5;;1-3-2;;;;/h13-14H,5-12H2,1-4H3;12-13H,3-11H2,1-2H3;2H2,1H3;1H4;;3*1H;/q;;;;-1;;;;+2/p-2. The van der Waals surface area contributed by atoms with Crippen LogP contribution in [0.3, 0.4) is 0 Å². The van der Waals surface area contributed by atoms with Crippen LogP contribution in [0, 0.1) is 11.8 Å². The molecule has 3 amide bonds. The van der Waals surface area contributed by atoms with E-state index in [0.717, 1.165) is 77.3 Å². The van der Waals surface area contributed by atoms with E-state index in [1.54, 1.807) is 11.8 Å². The molecule has 4 rings (SSSR count). The minimum atomic E-state index is -3.19. The van der Waals surface area contributed by atoms with Gasteiger partial charge in [-0.2, -0.15) is 0 Å². The van der Waals surface area contributed by atoms with Crippen LogP contribution >= 0.6 is 112 Å². The zero-order chi connectivity index (χ0) is 41.7. The Morgan fingerprint density at radius 2 is 1.12 bits per heavy atom. The fourth-order valence-electron chi connectivity index (χ4n) is 6.82. The second-order valence-corrected chi connectivity index (χ2v) is 47.6. The maximum atomic E-state index is 12.8. The summed E-state index contributed by atoms with van der Waals surface area (Å²) in [6.45, 7) is 16.9. The second-order valence-electron chi connectivity index (χ2n) is 14.3. The van der Waals surface area contributed by atoms with Gasteiger partial charge in [-0.05, 0) is 91.9 Å². The van der Waals surface area contributed by atoms with Crippen molar-refractivity contribution < 1.29 is 58.7 Å². The Hall–Kier alpha value is 3.32. The first-order valence-electron chi connectivity index (χ1n) is 18.5. The summed E-state index contributed by atoms with van der Waals surface area (Å²) < 4.78 is 50.4. The quantitative estimate of drug-likeness (QED) is 0.199. The van der Waals surface area contributed by atoms with Gasteiger partial charge < -0.3 is 19.4 Å². The number of amides is 3. The average molecular weight is 1570 g/mol. The summed E-state index contributed by atoms with van der Waals surface area (Å²) in [5.74, 6) is 0.331. The third-order valence-corrected chi connectivity index (χ3v) is 12.7. The molecule has 4 atom stereocenters. The summed E-state index contributed by atoms with van der Waals surface area (Å²) in [4.78, 5) is 43.3. The topological polar surface area (TPSA) is 142 Å². The van der Waals surface area contributed by atoms with Gasteiger partial charge in [0.1, 0.15) is 5.60 Å². The summed E-state index contributed by atoms with van der Waals surface area (Å²) >= 11 is 10.0. The van der Waals surface area contributed by atoms with Crippen LogP contribution in [0.4, 0.5) is 4.79 Å². The normalized spacial score (nSPS) is 22.5. The van der Waals surface area contributed by atoms with Crippen molar-refractivity contribution in [3.05, 3.63) is 0 Å². The van der Waals surface area contributed by atoms with E-state index >= 15 is 0 Å². The number of nitrogens with zero attached hydrogens (tertiary/aromatic N) is 4. The van der Waals surface area contributed by atoms with Crippen LogP contribution in [-0.2, 0) is 42.9 Å². The molecule has 0 radical (unpaired) electrons. The van der Waals surface area contributed by atoms with Gasteiger partial charge in [0.25, 0.3) is 0 Å². The van der Waals surface area contributed by atoms with Gasteiger partial charge in [0.15, 0.2) is 0 Å². The van der Waals surface area contributed by atoms with E-state index in [-0.39, 0.29) is 72.7 Å². The van der Waals surface area contributed by atoms with E-state index in [9.17, 15) is 31.2 Å². The van der Waals surface area contributed by atoms with E-state index in [1.165, 1.54) is 11.2 Å². The molecule has 56 heavy (non-hydrogen) atoms. The molecule has 4 aliphatic rings. The zero-order valence-corrected chi connectivity index (χ0v) is 49.9. The van der Waals surface area contributed by atoms with Crippen LogP contribution in [0.15, 0.2) is 0 Å². The number of hydrogen-bond acceptors (Lipinski definition) is 8. The van der Waals surface area contributed by atoms with Gasteiger partial charge in [0.05, 0.1) is 23.3 Å². The number of carbonyl (C=O) groups is 3. The van der Waals surface area contributed by atoms with Crippen molar-refractivity contribution in [3.63, 3.8) is 0 Å². The number of hydrogen-bond donors (Lipinski definition) is 0. The van der Waals surface area contributed by atoms with E-state index in [2.05, 4.69) is 102 Å². The Morgan fingerprint density at radius 3 is 1.48 bits per heavy atom. The summed E-state index contributed by atoms with van der Waals surface area (Å²) in [6.07, 6.45) is 9.48. The van der Waals surface area contributed by atoms with Crippen molar-refractivity contribution in [2.75, 3.05) is 50.8 Å². The number of halogens is 7. The van der Waals surface area contributed by atoms with Crippen molar-refractivity contribution in [3.8, 4) is 0 Å². The molecular formula is C34H66ClI6N4O8S2V-. The Balaban J connectivity index is -0.000000761. The average Bonchev–Trinajstić information content (AvgIpc) is 3.81. The van der Waals surface area contributed by atoms with E-state index in [0.29, 0.717) is 61.0 Å². The fourth-order valence-corrected chi connectivity index (χ4v) is 8.00. The third kappa shape index (κ3) is 25.6. The van der Waals surface area contributed by atoms with Crippen LogP contribution in [-0.4, -0.2) is 122 Å². The molecule has 0 saturated carbocycles. The molecule has 4 saturated heterocycles. The molecule has 0 aromatic rings. The molecule has 4 heterocycles. The van der Waals surface area contributed by atoms with Crippen LogP contribution in [0.25, 0.3) is 0 Å². The van der Waals surface area contributed by atoms with Gasteiger partial charge in [-0.25, -0.2) is 25.9 Å². The number of rotatable bonds is 7. The Morgan fingerprint density at radius 1 is 0.750 bits per heavy atom. The van der Waals surface area contributed by atoms with Crippen LogP contribution in [0.5, 0.6) is 0 Å². The first-order valence-corrected chi connectivity index (χ1v) is 44.2. The molecule has 4 unspecified atom stereocenters. The van der Waals surface area contributed by atoms with Crippen molar-refractivity contribution in [2.45, 2.75) is 138 Å². The molecule has 0 N–H and O–H groups in total. The zero-order valence-electron chi connectivity index (χ0n) is 33.0. The molecule has 0 aromatic carbocycles. The summed E-state index contributed by atoms with van der Waals surface area (Å²) in [5, 5.41) is 0. The second kappa shape index (κ2) is 33.8. The minimum absolute atomic E-state index is 0. The van der Waals surface area contributed by atoms with Gasteiger partial charge in [-0.3, -0.25) is 9.59 Å². The first-order chi connectivity index (χ1) is 25.2. The Labute approximate surface area is 420 Å². The van der Waals surface area contributed by atoms with Gasteiger partial charge in [0.2, 0.25) is 30.9 Å². The number of sulfonamides is 1. The van der Waals surface area contributed by atoms with E-state index in [4.69, 9.17) is 4.74 Å². The molecule has 0 spiro atoms. The number of ether oxygens (including phenoxy) is 1. The molecular weight excluding hydrogens is 1500 g/mol. The molecule has 0 bridgehead atoms. The van der Waals surface area contributed by atoms with Crippen molar-refractivity contribution in [1.82, 2.24) is 19.0 Å². The molecule has 22 heteroatoms. The van der Waals surface area contributed by atoms with Gasteiger partial charge in [-0.15, -0.1) is 24.0 Å².